The summed E-state index contributed by atoms with van der Waals surface area (Å²) in [5.41, 5.74) is 2.35. The number of carbonyl (C=O) groups is 3. The van der Waals surface area contributed by atoms with Gasteiger partial charge in [-0.05, 0) is 78.8 Å². The standard InChI is InChI=1S/C45H47BN8O8/c1-6-48-45(59)42-53-52-41(33-23-32(27(4)5)36(55)24-37(33)56)54(42)29-12-14-30(15-13-29)60-31-16-17-38-39(22-31)62-46(61-38)40(20-26(2)3)51-43(57)34(21-28-10-8-7-9-11-28)50-44(58)35-25-47-18-19-49-35/h7-19,22-27,34,40,55-56H,6,20-21H2,1-5H3,(H,48,59)(H,50,58)(H,51,57)/t34-,40-/m0/s1. The van der Waals surface area contributed by atoms with Crippen LogP contribution >= 0.6 is 0 Å². The van der Waals surface area contributed by atoms with Gasteiger partial charge >= 0.3 is 7.12 Å². The fourth-order valence-electron chi connectivity index (χ4n) is 7.04. The molecule has 0 radical (unpaired) electrons. The summed E-state index contributed by atoms with van der Waals surface area (Å²) in [6, 6.07) is 23.4. The Morgan fingerprint density at radius 3 is 2.26 bits per heavy atom. The highest BCUT2D eigenvalue weighted by atomic mass is 16.6. The molecule has 2 atom stereocenters. The van der Waals surface area contributed by atoms with E-state index in [1.165, 1.54) is 29.2 Å². The van der Waals surface area contributed by atoms with E-state index in [2.05, 4.69) is 36.1 Å². The Hall–Kier alpha value is -7.43. The zero-order valence-corrected chi connectivity index (χ0v) is 34.9. The lowest BCUT2D eigenvalue weighted by atomic mass is 9.74. The normalized spacial score (nSPS) is 12.9. The molecule has 1 aliphatic rings. The molecule has 17 heteroatoms. The lowest BCUT2D eigenvalue weighted by Crippen LogP contribution is -2.57. The number of hydrogen-bond acceptors (Lipinski definition) is 12. The first-order chi connectivity index (χ1) is 29.9. The number of benzene rings is 4. The molecular weight excluding hydrogens is 791 g/mol. The van der Waals surface area contributed by atoms with Gasteiger partial charge in [0.05, 0.1) is 17.7 Å². The maximum Gasteiger partial charge on any atom is 0.618 e. The molecule has 2 aromatic heterocycles. The van der Waals surface area contributed by atoms with Crippen LogP contribution in [0.4, 0.5) is 0 Å². The molecule has 7 rings (SSSR count). The van der Waals surface area contributed by atoms with E-state index in [1.54, 1.807) is 55.5 Å². The fourth-order valence-corrected chi connectivity index (χ4v) is 7.04. The second kappa shape index (κ2) is 18.9. The third kappa shape index (κ3) is 9.78. The van der Waals surface area contributed by atoms with Crippen molar-refractivity contribution in [3.63, 3.8) is 0 Å². The van der Waals surface area contributed by atoms with Crippen LogP contribution in [0, 0.1) is 5.92 Å². The summed E-state index contributed by atoms with van der Waals surface area (Å²) in [4.78, 5) is 48.3. The van der Waals surface area contributed by atoms with Gasteiger partial charge in [0.2, 0.25) is 11.7 Å². The highest BCUT2D eigenvalue weighted by molar-refractivity contribution is 6.50. The highest BCUT2D eigenvalue weighted by Crippen LogP contribution is 2.40. The van der Waals surface area contributed by atoms with E-state index in [0.717, 1.165) is 5.56 Å². The average Bonchev–Trinajstić information content (AvgIpc) is 3.89. The fraction of sp³-hybridized carbons (Fsp3) is 0.267. The zero-order chi connectivity index (χ0) is 43.9. The van der Waals surface area contributed by atoms with Gasteiger partial charge in [0.1, 0.15) is 46.2 Å². The Morgan fingerprint density at radius 1 is 0.823 bits per heavy atom. The van der Waals surface area contributed by atoms with Crippen LogP contribution in [0.5, 0.6) is 34.5 Å². The number of nitrogens with one attached hydrogen (secondary N) is 3. The molecule has 0 spiro atoms. The van der Waals surface area contributed by atoms with E-state index < -0.39 is 36.8 Å². The van der Waals surface area contributed by atoms with E-state index in [-0.39, 0.29) is 47.1 Å². The minimum Gasteiger partial charge on any atom is -0.522 e. The summed E-state index contributed by atoms with van der Waals surface area (Å²) in [5.74, 6) is -0.174. The SMILES string of the molecule is CCNC(=O)c1nnc(-c2cc(C(C)C)c(O)cc2O)n1-c1ccc(Oc2ccc3c(c2)OB([C@H](CC(C)C)NC(=O)[C@H](Cc2ccccc2)NC(=O)c2cnccn2)O3)cc1. The van der Waals surface area contributed by atoms with Crippen molar-refractivity contribution in [3.8, 4) is 51.6 Å². The number of amides is 3. The number of fused-ring (bicyclic) bond motifs is 1. The van der Waals surface area contributed by atoms with Crippen molar-refractivity contribution in [3.05, 3.63) is 126 Å². The van der Waals surface area contributed by atoms with Gasteiger partial charge in [-0.3, -0.25) is 23.9 Å². The zero-order valence-electron chi connectivity index (χ0n) is 34.9. The Morgan fingerprint density at radius 2 is 1.56 bits per heavy atom. The maximum atomic E-state index is 14.0. The van der Waals surface area contributed by atoms with Crippen LogP contribution in [0.25, 0.3) is 17.1 Å². The first-order valence-corrected chi connectivity index (χ1v) is 20.3. The van der Waals surface area contributed by atoms with Crippen LogP contribution in [-0.2, 0) is 11.2 Å². The lowest BCUT2D eigenvalue weighted by molar-refractivity contribution is -0.123. The molecule has 6 aromatic rings. The molecule has 0 bridgehead atoms. The van der Waals surface area contributed by atoms with Crippen molar-refractivity contribution in [2.75, 3.05) is 6.54 Å². The number of phenols is 2. The van der Waals surface area contributed by atoms with Crippen molar-refractivity contribution in [2.45, 2.75) is 65.4 Å². The summed E-state index contributed by atoms with van der Waals surface area (Å²) >= 11 is 0. The third-order valence-corrected chi connectivity index (χ3v) is 10.0. The Bertz CT molecular complexity index is 2540. The molecule has 1 aliphatic heterocycles. The Labute approximate surface area is 358 Å². The molecule has 0 saturated heterocycles. The van der Waals surface area contributed by atoms with Crippen LogP contribution < -0.4 is 30.0 Å². The second-order valence-electron chi connectivity index (χ2n) is 15.5. The van der Waals surface area contributed by atoms with Gasteiger partial charge in [0.25, 0.3) is 11.8 Å². The minimum absolute atomic E-state index is 0.00452. The predicted molar refractivity (Wildman–Crippen MR) is 231 cm³/mol. The molecule has 5 N–H and O–H groups in total. The molecule has 0 unspecified atom stereocenters. The van der Waals surface area contributed by atoms with E-state index >= 15 is 0 Å². The van der Waals surface area contributed by atoms with Gasteiger partial charge in [-0.25, -0.2) is 4.98 Å². The summed E-state index contributed by atoms with van der Waals surface area (Å²) in [7, 11) is -0.874. The summed E-state index contributed by atoms with van der Waals surface area (Å²) in [5, 5.41) is 38.5. The second-order valence-corrected chi connectivity index (χ2v) is 15.5. The molecule has 0 saturated carbocycles. The minimum atomic E-state index is -0.939. The number of phenolic OH excluding ortho intramolecular Hbond substituents is 2. The van der Waals surface area contributed by atoms with Crippen molar-refractivity contribution < 1.29 is 38.6 Å². The van der Waals surface area contributed by atoms with Crippen LogP contribution in [-0.4, -0.2) is 78.3 Å². The number of nitrogens with zero attached hydrogens (tertiary/aromatic N) is 5. The highest BCUT2D eigenvalue weighted by Gasteiger charge is 2.42. The lowest BCUT2D eigenvalue weighted by Gasteiger charge is -2.25. The first-order valence-electron chi connectivity index (χ1n) is 20.3. The third-order valence-electron chi connectivity index (χ3n) is 10.0. The largest absolute Gasteiger partial charge is 0.618 e. The summed E-state index contributed by atoms with van der Waals surface area (Å²) in [6.07, 6.45) is 4.97. The molecule has 4 aromatic carbocycles. The van der Waals surface area contributed by atoms with E-state index in [0.29, 0.717) is 52.8 Å². The maximum absolute atomic E-state index is 14.0. The number of aromatic hydroxyl groups is 2. The van der Waals surface area contributed by atoms with Gasteiger partial charge in [-0.1, -0.05) is 58.0 Å². The molecule has 318 valence electrons. The van der Waals surface area contributed by atoms with Gasteiger partial charge in [-0.15, -0.1) is 10.2 Å². The van der Waals surface area contributed by atoms with Crippen LogP contribution in [0.3, 0.4) is 0 Å². The number of hydrogen-bond donors (Lipinski definition) is 5. The van der Waals surface area contributed by atoms with Gasteiger partial charge in [0.15, 0.2) is 5.82 Å². The van der Waals surface area contributed by atoms with E-state index in [1.807, 2.05) is 58.0 Å². The van der Waals surface area contributed by atoms with Crippen molar-refractivity contribution in [1.29, 1.82) is 0 Å². The quantitative estimate of drug-likeness (QED) is 0.0693. The van der Waals surface area contributed by atoms with Crippen molar-refractivity contribution in [1.82, 2.24) is 40.7 Å². The van der Waals surface area contributed by atoms with Gasteiger partial charge < -0.3 is 40.2 Å². The molecule has 62 heavy (non-hydrogen) atoms. The Balaban J connectivity index is 1.08. The molecule has 3 amide bonds. The average molecular weight is 839 g/mol. The van der Waals surface area contributed by atoms with E-state index in [4.69, 9.17) is 14.0 Å². The number of carbonyl (C=O) groups excluding carboxylic acids is 3. The molecule has 0 aliphatic carbocycles. The van der Waals surface area contributed by atoms with Crippen LogP contribution in [0.2, 0.25) is 0 Å². The van der Waals surface area contributed by atoms with Crippen LogP contribution in [0.1, 0.15) is 79.2 Å². The molecule has 16 nitrogen and oxygen atoms in total. The topological polar surface area (TPSA) is 212 Å². The summed E-state index contributed by atoms with van der Waals surface area (Å²) in [6.45, 7) is 10.0. The van der Waals surface area contributed by atoms with Crippen molar-refractivity contribution >= 4 is 24.8 Å². The summed E-state index contributed by atoms with van der Waals surface area (Å²) < 4.78 is 20.3. The Kier molecular flexibility index (Phi) is 13.0. The van der Waals surface area contributed by atoms with Gasteiger partial charge in [0, 0.05) is 43.2 Å². The molecule has 3 heterocycles. The van der Waals surface area contributed by atoms with E-state index in [9.17, 15) is 24.6 Å². The molecular formula is C45H47BN8O8. The van der Waals surface area contributed by atoms with Crippen molar-refractivity contribution in [2.24, 2.45) is 5.92 Å². The monoisotopic (exact) mass is 838 g/mol. The first kappa shape index (κ1) is 42.7. The predicted octanol–water partition coefficient (Wildman–Crippen LogP) is 6.17. The van der Waals surface area contributed by atoms with Crippen LogP contribution in [0.15, 0.2) is 104 Å². The number of ether oxygens (including phenoxy) is 1. The smallest absolute Gasteiger partial charge is 0.522 e. The number of rotatable bonds is 16. The molecule has 0 fully saturated rings. The van der Waals surface area contributed by atoms with Gasteiger partial charge in [-0.2, -0.15) is 0 Å². The number of aromatic nitrogens is 5.